The molecule has 0 spiro atoms. The minimum Gasteiger partial charge on any atom is -0.313 e. The van der Waals surface area contributed by atoms with Crippen molar-refractivity contribution in [3.63, 3.8) is 0 Å². The zero-order valence-electron chi connectivity index (χ0n) is 8.84. The Hall–Kier alpha value is -0.470. The SMILES string of the molecule is CNC1CCCc2cc(SC)ccc21. The predicted octanol–water partition coefficient (Wildman–Crippen LogP) is 3.01. The molecule has 0 aromatic heterocycles. The number of aryl methyl sites for hydroxylation is 1. The number of thioether (sulfide) groups is 1. The second kappa shape index (κ2) is 4.37. The zero-order valence-corrected chi connectivity index (χ0v) is 9.66. The lowest BCUT2D eigenvalue weighted by Gasteiger charge is -2.25. The predicted molar refractivity (Wildman–Crippen MR) is 63.0 cm³/mol. The van der Waals surface area contributed by atoms with Gasteiger partial charge in [0.05, 0.1) is 0 Å². The fourth-order valence-corrected chi connectivity index (χ4v) is 2.68. The van der Waals surface area contributed by atoms with Crippen LogP contribution in [0, 0.1) is 0 Å². The van der Waals surface area contributed by atoms with Crippen LogP contribution in [0.5, 0.6) is 0 Å². The van der Waals surface area contributed by atoms with Gasteiger partial charge in [-0.1, -0.05) is 6.07 Å². The van der Waals surface area contributed by atoms with Gasteiger partial charge in [-0.15, -0.1) is 11.8 Å². The third-order valence-electron chi connectivity index (χ3n) is 3.01. The first kappa shape index (κ1) is 10.1. The van der Waals surface area contributed by atoms with Crippen molar-refractivity contribution in [1.82, 2.24) is 5.32 Å². The lowest BCUT2D eigenvalue weighted by Crippen LogP contribution is -2.21. The summed E-state index contributed by atoms with van der Waals surface area (Å²) in [6.07, 6.45) is 5.99. The Morgan fingerprint density at radius 3 is 3.00 bits per heavy atom. The van der Waals surface area contributed by atoms with Crippen LogP contribution in [0.25, 0.3) is 0 Å². The Kier molecular flexibility index (Phi) is 3.14. The summed E-state index contributed by atoms with van der Waals surface area (Å²) in [5, 5.41) is 3.39. The van der Waals surface area contributed by atoms with E-state index in [1.807, 2.05) is 11.8 Å². The van der Waals surface area contributed by atoms with E-state index >= 15 is 0 Å². The molecule has 0 bridgehead atoms. The van der Waals surface area contributed by atoms with Crippen molar-refractivity contribution in [2.75, 3.05) is 13.3 Å². The zero-order chi connectivity index (χ0) is 9.97. The average molecular weight is 207 g/mol. The van der Waals surface area contributed by atoms with E-state index in [9.17, 15) is 0 Å². The molecule has 0 radical (unpaired) electrons. The van der Waals surface area contributed by atoms with Crippen molar-refractivity contribution in [2.45, 2.75) is 30.2 Å². The lowest BCUT2D eigenvalue weighted by atomic mass is 9.88. The molecule has 1 N–H and O–H groups in total. The van der Waals surface area contributed by atoms with Crippen molar-refractivity contribution >= 4 is 11.8 Å². The van der Waals surface area contributed by atoms with Gasteiger partial charge in [0, 0.05) is 10.9 Å². The van der Waals surface area contributed by atoms with Gasteiger partial charge in [-0.25, -0.2) is 0 Å². The highest BCUT2D eigenvalue weighted by atomic mass is 32.2. The molecule has 1 nitrogen and oxygen atoms in total. The van der Waals surface area contributed by atoms with Crippen molar-refractivity contribution in [3.05, 3.63) is 29.3 Å². The molecule has 2 heteroatoms. The molecule has 1 unspecified atom stereocenters. The van der Waals surface area contributed by atoms with Crippen LogP contribution in [-0.4, -0.2) is 13.3 Å². The molecule has 0 saturated carbocycles. The minimum atomic E-state index is 0.578. The van der Waals surface area contributed by atoms with Crippen LogP contribution >= 0.6 is 11.8 Å². The first-order valence-electron chi connectivity index (χ1n) is 5.19. The van der Waals surface area contributed by atoms with E-state index in [0.29, 0.717) is 6.04 Å². The molecule has 2 rings (SSSR count). The summed E-state index contributed by atoms with van der Waals surface area (Å²) >= 11 is 1.83. The Morgan fingerprint density at radius 2 is 2.29 bits per heavy atom. The smallest absolute Gasteiger partial charge is 0.0320 e. The molecule has 1 aliphatic carbocycles. The largest absolute Gasteiger partial charge is 0.313 e. The highest BCUT2D eigenvalue weighted by molar-refractivity contribution is 7.98. The normalized spacial score (nSPS) is 20.6. The fourth-order valence-electron chi connectivity index (χ4n) is 2.22. The Bertz CT molecular complexity index is 322. The van der Waals surface area contributed by atoms with E-state index in [2.05, 4.69) is 36.8 Å². The number of nitrogens with one attached hydrogen (secondary N) is 1. The number of hydrogen-bond acceptors (Lipinski definition) is 2. The van der Waals surface area contributed by atoms with Gasteiger partial charge in [-0.3, -0.25) is 0 Å². The summed E-state index contributed by atoms with van der Waals surface area (Å²) < 4.78 is 0. The molecule has 76 valence electrons. The van der Waals surface area contributed by atoms with E-state index in [1.54, 1.807) is 5.56 Å². The molecule has 0 amide bonds. The molecule has 1 aliphatic rings. The van der Waals surface area contributed by atoms with Crippen LogP contribution in [-0.2, 0) is 6.42 Å². The van der Waals surface area contributed by atoms with E-state index in [4.69, 9.17) is 0 Å². The topological polar surface area (TPSA) is 12.0 Å². The monoisotopic (exact) mass is 207 g/mol. The number of hydrogen-bond donors (Lipinski definition) is 1. The Morgan fingerprint density at radius 1 is 1.43 bits per heavy atom. The molecular formula is C12H17NS. The van der Waals surface area contributed by atoms with Crippen LogP contribution in [0.1, 0.15) is 30.0 Å². The van der Waals surface area contributed by atoms with Gasteiger partial charge >= 0.3 is 0 Å². The minimum absolute atomic E-state index is 0.578. The molecule has 1 aromatic carbocycles. The summed E-state index contributed by atoms with van der Waals surface area (Å²) in [5.41, 5.74) is 3.05. The lowest BCUT2D eigenvalue weighted by molar-refractivity contribution is 0.496. The number of benzene rings is 1. The molecule has 0 saturated heterocycles. The molecule has 1 atom stereocenters. The van der Waals surface area contributed by atoms with Crippen molar-refractivity contribution < 1.29 is 0 Å². The van der Waals surface area contributed by atoms with E-state index in [0.717, 1.165) is 0 Å². The van der Waals surface area contributed by atoms with Crippen molar-refractivity contribution in [1.29, 1.82) is 0 Å². The maximum atomic E-state index is 3.39. The van der Waals surface area contributed by atoms with Gasteiger partial charge in [0.2, 0.25) is 0 Å². The average Bonchev–Trinajstić information content (AvgIpc) is 2.27. The number of rotatable bonds is 2. The van der Waals surface area contributed by atoms with Gasteiger partial charge in [-0.2, -0.15) is 0 Å². The van der Waals surface area contributed by atoms with Crippen molar-refractivity contribution in [2.24, 2.45) is 0 Å². The van der Waals surface area contributed by atoms with E-state index in [1.165, 1.54) is 29.7 Å². The maximum Gasteiger partial charge on any atom is 0.0320 e. The van der Waals surface area contributed by atoms with Gasteiger partial charge in [0.25, 0.3) is 0 Å². The summed E-state index contributed by atoms with van der Waals surface area (Å²) in [6.45, 7) is 0. The summed E-state index contributed by atoms with van der Waals surface area (Å²) in [7, 11) is 2.06. The third kappa shape index (κ3) is 1.82. The van der Waals surface area contributed by atoms with Gasteiger partial charge in [0.15, 0.2) is 0 Å². The second-order valence-corrected chi connectivity index (χ2v) is 4.68. The van der Waals surface area contributed by atoms with Crippen LogP contribution in [0.15, 0.2) is 23.1 Å². The molecule has 0 aliphatic heterocycles. The number of fused-ring (bicyclic) bond motifs is 1. The Balaban J connectivity index is 2.35. The van der Waals surface area contributed by atoms with Gasteiger partial charge in [0.1, 0.15) is 0 Å². The van der Waals surface area contributed by atoms with Gasteiger partial charge in [-0.05, 0) is 55.8 Å². The van der Waals surface area contributed by atoms with E-state index < -0.39 is 0 Å². The summed E-state index contributed by atoms with van der Waals surface area (Å²) in [4.78, 5) is 1.39. The van der Waals surface area contributed by atoms with Crippen molar-refractivity contribution in [3.8, 4) is 0 Å². The summed E-state index contributed by atoms with van der Waals surface area (Å²) in [6, 6.07) is 7.46. The van der Waals surface area contributed by atoms with Crippen LogP contribution in [0.4, 0.5) is 0 Å². The van der Waals surface area contributed by atoms with Crippen LogP contribution < -0.4 is 5.32 Å². The Labute approximate surface area is 90.3 Å². The van der Waals surface area contributed by atoms with Gasteiger partial charge < -0.3 is 5.32 Å². The maximum absolute atomic E-state index is 3.39. The molecule has 14 heavy (non-hydrogen) atoms. The van der Waals surface area contributed by atoms with Crippen LogP contribution in [0.3, 0.4) is 0 Å². The quantitative estimate of drug-likeness (QED) is 0.748. The second-order valence-electron chi connectivity index (χ2n) is 3.80. The summed E-state index contributed by atoms with van der Waals surface area (Å²) in [5.74, 6) is 0. The standard InChI is InChI=1S/C12H17NS/c1-13-12-5-3-4-9-8-10(14-2)6-7-11(9)12/h6-8,12-13H,3-5H2,1-2H3. The fraction of sp³-hybridized carbons (Fsp3) is 0.500. The van der Waals surface area contributed by atoms with Crippen LogP contribution in [0.2, 0.25) is 0 Å². The first-order chi connectivity index (χ1) is 6.85. The molecular weight excluding hydrogens is 190 g/mol. The highest BCUT2D eigenvalue weighted by Crippen LogP contribution is 2.31. The van der Waals surface area contributed by atoms with E-state index in [-0.39, 0.29) is 0 Å². The molecule has 1 aromatic rings. The molecule has 0 fully saturated rings. The third-order valence-corrected chi connectivity index (χ3v) is 3.74. The molecule has 0 heterocycles. The first-order valence-corrected chi connectivity index (χ1v) is 6.41. The highest BCUT2D eigenvalue weighted by Gasteiger charge is 2.18.